The van der Waals surface area contributed by atoms with Crippen molar-refractivity contribution in [2.45, 2.75) is 122 Å². The maximum absolute atomic E-state index is 2.65. The van der Waals surface area contributed by atoms with Crippen LogP contribution in [0.25, 0.3) is 0 Å². The summed E-state index contributed by atoms with van der Waals surface area (Å²) >= 11 is 0. The lowest BCUT2D eigenvalue weighted by molar-refractivity contribution is 0.145. The first-order chi connectivity index (χ1) is 10.3. The summed E-state index contributed by atoms with van der Waals surface area (Å²) < 4.78 is 0. The highest BCUT2D eigenvalue weighted by atomic mass is 14.4. The van der Waals surface area contributed by atoms with Gasteiger partial charge in [0.05, 0.1) is 0 Å². The highest BCUT2D eigenvalue weighted by Gasteiger charge is 2.34. The van der Waals surface area contributed by atoms with Crippen molar-refractivity contribution >= 4 is 0 Å². The van der Waals surface area contributed by atoms with Gasteiger partial charge < -0.3 is 0 Å². The lowest BCUT2D eigenvalue weighted by atomic mass is 9.69. The Bertz CT molecular complexity index is 233. The van der Waals surface area contributed by atoms with E-state index in [1.165, 1.54) is 116 Å². The lowest BCUT2D eigenvalue weighted by Crippen LogP contribution is -2.25. The molecular formula is C21H40. The van der Waals surface area contributed by atoms with Crippen molar-refractivity contribution in [1.29, 1.82) is 0 Å². The van der Waals surface area contributed by atoms with E-state index in [0.717, 1.165) is 5.92 Å². The van der Waals surface area contributed by atoms with Crippen molar-refractivity contribution in [2.75, 3.05) is 0 Å². The monoisotopic (exact) mass is 292 g/mol. The summed E-state index contributed by atoms with van der Waals surface area (Å²) in [5, 5.41) is 0. The molecule has 0 radical (unpaired) electrons. The van der Waals surface area contributed by atoms with Gasteiger partial charge in [-0.3, -0.25) is 0 Å². The standard InChI is InChI=1S/C21H40/c1-21(20-16-12-13-17-20)18-14-10-8-6-4-2-3-5-7-9-11-15-19-21/h20H,2-19H2,1H3. The zero-order valence-electron chi connectivity index (χ0n) is 14.8. The Kier molecular flexibility index (Phi) is 8.19. The first kappa shape index (κ1) is 17.4. The van der Waals surface area contributed by atoms with Crippen LogP contribution in [0.15, 0.2) is 0 Å². The summed E-state index contributed by atoms with van der Waals surface area (Å²) in [5.74, 6) is 1.06. The Morgan fingerprint density at radius 1 is 0.476 bits per heavy atom. The van der Waals surface area contributed by atoms with Crippen LogP contribution in [0, 0.1) is 11.3 Å². The molecule has 2 fully saturated rings. The zero-order chi connectivity index (χ0) is 14.8. The van der Waals surface area contributed by atoms with Gasteiger partial charge in [-0.25, -0.2) is 0 Å². The fraction of sp³-hybridized carbons (Fsp3) is 1.00. The number of hydrogen-bond donors (Lipinski definition) is 0. The van der Waals surface area contributed by atoms with E-state index in [4.69, 9.17) is 0 Å². The Labute approximate surface area is 134 Å². The molecule has 0 spiro atoms. The van der Waals surface area contributed by atoms with Crippen LogP contribution in [-0.2, 0) is 0 Å². The first-order valence-corrected chi connectivity index (χ1v) is 10.3. The Hall–Kier alpha value is 0. The van der Waals surface area contributed by atoms with Gasteiger partial charge in [0.15, 0.2) is 0 Å². The van der Waals surface area contributed by atoms with Gasteiger partial charge in [-0.15, -0.1) is 0 Å². The van der Waals surface area contributed by atoms with Crippen LogP contribution < -0.4 is 0 Å². The maximum atomic E-state index is 2.65. The van der Waals surface area contributed by atoms with Gasteiger partial charge in [-0.05, 0) is 37.0 Å². The van der Waals surface area contributed by atoms with E-state index < -0.39 is 0 Å². The summed E-state index contributed by atoms with van der Waals surface area (Å²) in [6.07, 6.45) is 27.2. The van der Waals surface area contributed by atoms with Crippen molar-refractivity contribution in [1.82, 2.24) is 0 Å². The predicted molar refractivity (Wildman–Crippen MR) is 94.7 cm³/mol. The van der Waals surface area contributed by atoms with Crippen LogP contribution in [0.5, 0.6) is 0 Å². The van der Waals surface area contributed by atoms with E-state index in [9.17, 15) is 0 Å². The van der Waals surface area contributed by atoms with Gasteiger partial charge >= 0.3 is 0 Å². The van der Waals surface area contributed by atoms with Gasteiger partial charge in [0.25, 0.3) is 0 Å². The Balaban J connectivity index is 1.82. The molecule has 2 saturated carbocycles. The minimum Gasteiger partial charge on any atom is -0.0594 e. The molecule has 2 rings (SSSR count). The van der Waals surface area contributed by atoms with E-state index in [0.29, 0.717) is 5.41 Å². The fourth-order valence-corrected chi connectivity index (χ4v) is 4.98. The second-order valence-electron chi connectivity index (χ2n) is 8.38. The topological polar surface area (TPSA) is 0 Å². The van der Waals surface area contributed by atoms with Gasteiger partial charge in [0, 0.05) is 0 Å². The summed E-state index contributed by atoms with van der Waals surface area (Å²) in [5.41, 5.74) is 0.691. The summed E-state index contributed by atoms with van der Waals surface area (Å²) in [7, 11) is 0. The Morgan fingerprint density at radius 3 is 1.19 bits per heavy atom. The normalized spacial score (nSPS) is 27.9. The fourth-order valence-electron chi connectivity index (χ4n) is 4.98. The van der Waals surface area contributed by atoms with Crippen molar-refractivity contribution < 1.29 is 0 Å². The highest BCUT2D eigenvalue weighted by Crippen LogP contribution is 2.46. The van der Waals surface area contributed by atoms with Crippen LogP contribution >= 0.6 is 0 Å². The number of rotatable bonds is 1. The molecule has 0 aromatic heterocycles. The van der Waals surface area contributed by atoms with Crippen LogP contribution in [-0.4, -0.2) is 0 Å². The van der Waals surface area contributed by atoms with Gasteiger partial charge in [0.2, 0.25) is 0 Å². The molecule has 0 N–H and O–H groups in total. The average molecular weight is 293 g/mol. The third kappa shape index (κ3) is 6.33. The summed E-state index contributed by atoms with van der Waals surface area (Å²) in [6.45, 7) is 2.65. The molecule has 0 saturated heterocycles. The summed E-state index contributed by atoms with van der Waals surface area (Å²) in [4.78, 5) is 0. The van der Waals surface area contributed by atoms with E-state index in [1.54, 1.807) is 0 Å². The van der Waals surface area contributed by atoms with Gasteiger partial charge in [-0.1, -0.05) is 96.8 Å². The third-order valence-corrected chi connectivity index (χ3v) is 6.59. The molecule has 0 aromatic rings. The molecule has 2 aliphatic rings. The second-order valence-corrected chi connectivity index (χ2v) is 8.38. The van der Waals surface area contributed by atoms with E-state index in [1.807, 2.05) is 0 Å². The number of hydrogen-bond acceptors (Lipinski definition) is 0. The van der Waals surface area contributed by atoms with Gasteiger partial charge in [-0.2, -0.15) is 0 Å². The molecule has 0 atom stereocenters. The summed E-state index contributed by atoms with van der Waals surface area (Å²) in [6, 6.07) is 0. The van der Waals surface area contributed by atoms with E-state index >= 15 is 0 Å². The molecule has 0 heterocycles. The van der Waals surface area contributed by atoms with Crippen LogP contribution in [0.1, 0.15) is 122 Å². The Morgan fingerprint density at radius 2 is 0.810 bits per heavy atom. The van der Waals surface area contributed by atoms with E-state index in [2.05, 4.69) is 6.92 Å². The average Bonchev–Trinajstić information content (AvgIpc) is 3.01. The van der Waals surface area contributed by atoms with Crippen molar-refractivity contribution in [3.8, 4) is 0 Å². The van der Waals surface area contributed by atoms with Gasteiger partial charge in [0.1, 0.15) is 0 Å². The quantitative estimate of drug-likeness (QED) is 0.465. The molecule has 0 amide bonds. The molecule has 124 valence electrons. The molecule has 0 nitrogen and oxygen atoms in total. The second kappa shape index (κ2) is 9.90. The first-order valence-electron chi connectivity index (χ1n) is 10.3. The smallest absolute Gasteiger partial charge is 0.0298 e. The minimum atomic E-state index is 0.691. The SMILES string of the molecule is CC1(C2CCCC2)CCCCCCCCCCCCCC1. The lowest BCUT2D eigenvalue weighted by Gasteiger charge is -2.36. The van der Waals surface area contributed by atoms with Crippen LogP contribution in [0.2, 0.25) is 0 Å². The predicted octanol–water partition coefficient (Wildman–Crippen LogP) is 7.66. The van der Waals surface area contributed by atoms with Crippen molar-refractivity contribution in [3.05, 3.63) is 0 Å². The molecule has 0 heteroatoms. The molecule has 0 bridgehead atoms. The van der Waals surface area contributed by atoms with E-state index in [-0.39, 0.29) is 0 Å². The maximum Gasteiger partial charge on any atom is -0.0298 e. The van der Waals surface area contributed by atoms with Crippen LogP contribution in [0.3, 0.4) is 0 Å². The third-order valence-electron chi connectivity index (χ3n) is 6.59. The van der Waals surface area contributed by atoms with Crippen LogP contribution in [0.4, 0.5) is 0 Å². The molecule has 0 aliphatic heterocycles. The molecule has 0 unspecified atom stereocenters. The molecular weight excluding hydrogens is 252 g/mol. The zero-order valence-corrected chi connectivity index (χ0v) is 14.8. The largest absolute Gasteiger partial charge is 0.0594 e. The molecule has 0 aromatic carbocycles. The minimum absolute atomic E-state index is 0.691. The van der Waals surface area contributed by atoms with Crippen molar-refractivity contribution in [2.24, 2.45) is 11.3 Å². The molecule has 2 aliphatic carbocycles. The molecule has 21 heavy (non-hydrogen) atoms. The van der Waals surface area contributed by atoms with Crippen molar-refractivity contribution in [3.63, 3.8) is 0 Å². The highest BCUT2D eigenvalue weighted by molar-refractivity contribution is 4.85.